The lowest BCUT2D eigenvalue weighted by Gasteiger charge is -2.31. The number of alkyl carbamates (subject to hydrolysis) is 2. The Morgan fingerprint density at radius 3 is 1.92 bits per heavy atom. The van der Waals surface area contributed by atoms with E-state index in [2.05, 4.69) is 88.2 Å². The van der Waals surface area contributed by atoms with Crippen LogP contribution in [0.5, 0.6) is 0 Å². The number of carbonyl (C=O) groups excluding carboxylic acids is 4. The molecule has 0 bridgehead atoms. The second kappa shape index (κ2) is 17.9. The first-order valence-corrected chi connectivity index (χ1v) is 21.9. The quantitative estimate of drug-likeness (QED) is 0.0919. The summed E-state index contributed by atoms with van der Waals surface area (Å²) in [5.74, 6) is 1.24. The zero-order valence-electron chi connectivity index (χ0n) is 37.1. The van der Waals surface area contributed by atoms with Crippen molar-refractivity contribution < 1.29 is 33.4 Å². The van der Waals surface area contributed by atoms with Crippen LogP contribution in [0.25, 0.3) is 44.4 Å². The number of benzene rings is 3. The number of nitrogens with zero attached hydrogens (tertiary/aromatic N) is 4. The molecule has 8 rings (SSSR count). The molecule has 3 aliphatic rings. The molecule has 2 aliphatic heterocycles. The summed E-state index contributed by atoms with van der Waals surface area (Å²) in [6, 6.07) is 19.1. The van der Waals surface area contributed by atoms with Gasteiger partial charge in [0, 0.05) is 25.8 Å². The van der Waals surface area contributed by atoms with E-state index < -0.39 is 30.4 Å². The zero-order chi connectivity index (χ0) is 44.6. The Morgan fingerprint density at radius 1 is 0.746 bits per heavy atom. The van der Waals surface area contributed by atoms with E-state index >= 15 is 0 Å². The fourth-order valence-corrected chi connectivity index (χ4v) is 9.45. The number of hydrogen-bond acceptors (Lipinski definition) is 9. The molecule has 15 heteroatoms. The Morgan fingerprint density at radius 2 is 1.30 bits per heavy atom. The second-order valence-electron chi connectivity index (χ2n) is 17.7. The van der Waals surface area contributed by atoms with E-state index in [4.69, 9.17) is 24.2 Å². The lowest BCUT2D eigenvalue weighted by atomic mass is 9.96. The Hall–Kier alpha value is -6.22. The van der Waals surface area contributed by atoms with Crippen LogP contribution in [0.1, 0.15) is 83.5 Å². The number of nitrogens with one attached hydrogen (secondary N) is 4. The number of H-pyrrole nitrogens is 2. The molecular weight excluding hydrogens is 801 g/mol. The highest BCUT2D eigenvalue weighted by atomic mass is 16.5. The molecule has 4 amide bonds. The minimum absolute atomic E-state index is 0.0763. The molecule has 6 atom stereocenters. The smallest absolute Gasteiger partial charge is 0.407 e. The van der Waals surface area contributed by atoms with Gasteiger partial charge in [-0.3, -0.25) is 9.59 Å². The topological polar surface area (TPSA) is 184 Å². The minimum atomic E-state index is -0.897. The fraction of sp³-hybridized carbons (Fsp3) is 0.458. The van der Waals surface area contributed by atoms with Crippen molar-refractivity contribution in [2.75, 3.05) is 34.4 Å². The molecule has 1 saturated carbocycles. The van der Waals surface area contributed by atoms with Gasteiger partial charge in [-0.1, -0.05) is 75.7 Å². The van der Waals surface area contributed by atoms with E-state index in [1.54, 1.807) is 6.92 Å². The number of carbonyl (C=O) groups is 4. The molecule has 2 saturated heterocycles. The summed E-state index contributed by atoms with van der Waals surface area (Å²) in [6.07, 6.45) is 6.47. The number of hydrogen-bond donors (Lipinski definition) is 4. The number of aromatic nitrogens is 4. The van der Waals surface area contributed by atoms with E-state index in [0.29, 0.717) is 13.1 Å². The van der Waals surface area contributed by atoms with Crippen LogP contribution in [-0.4, -0.2) is 106 Å². The Labute approximate surface area is 367 Å². The summed E-state index contributed by atoms with van der Waals surface area (Å²) < 4.78 is 15.1. The minimum Gasteiger partial charge on any atom is -0.453 e. The Bertz CT molecular complexity index is 2480. The van der Waals surface area contributed by atoms with E-state index in [1.807, 2.05) is 36.0 Å². The average molecular weight is 859 g/mol. The van der Waals surface area contributed by atoms with E-state index in [-0.39, 0.29) is 41.1 Å². The van der Waals surface area contributed by atoms with Crippen LogP contribution < -0.4 is 10.6 Å². The van der Waals surface area contributed by atoms with Gasteiger partial charge in [-0.25, -0.2) is 19.6 Å². The van der Waals surface area contributed by atoms with E-state index in [9.17, 15) is 19.2 Å². The number of aromatic amines is 2. The van der Waals surface area contributed by atoms with Crippen LogP contribution in [0.2, 0.25) is 0 Å². The number of imidazole rings is 2. The van der Waals surface area contributed by atoms with Crippen LogP contribution >= 0.6 is 0 Å². The molecule has 1 spiro atoms. The van der Waals surface area contributed by atoms with E-state index in [0.717, 1.165) is 88.2 Å². The molecule has 63 heavy (non-hydrogen) atoms. The molecule has 3 fully saturated rings. The molecule has 5 aromatic rings. The molecule has 332 valence electrons. The largest absolute Gasteiger partial charge is 0.453 e. The lowest BCUT2D eigenvalue weighted by Crippen LogP contribution is -2.54. The molecule has 15 nitrogen and oxygen atoms in total. The fourth-order valence-electron chi connectivity index (χ4n) is 9.45. The van der Waals surface area contributed by atoms with Crippen LogP contribution in [0, 0.1) is 17.3 Å². The first-order chi connectivity index (χ1) is 30.3. The highest BCUT2D eigenvalue weighted by Crippen LogP contribution is 2.58. The molecule has 4 N–H and O–H groups in total. The summed E-state index contributed by atoms with van der Waals surface area (Å²) >= 11 is 0. The maximum atomic E-state index is 14.0. The first-order valence-electron chi connectivity index (χ1n) is 21.9. The van der Waals surface area contributed by atoms with Gasteiger partial charge in [0.25, 0.3) is 0 Å². The Balaban J connectivity index is 0.967. The highest BCUT2D eigenvalue weighted by Gasteiger charge is 2.55. The summed E-state index contributed by atoms with van der Waals surface area (Å²) in [5, 5.41) is 7.59. The van der Waals surface area contributed by atoms with Crippen molar-refractivity contribution >= 4 is 34.8 Å². The number of amides is 4. The standard InChI is InChI=1S/C48H58N8O7/c1-8-29-17-20-55(44(57)39(27(2)3)53-46(59)62-6)41(29)43-50-24-36(52-43)31-11-9-30(10-12-31)32-13-14-34-22-35(16-15-33(34)21-32)37-25-49-42(51-37)38-23-48(18-19-48)26-56(38)45(58)40(28(4)61-5)54-47(60)63-7/h9-16,21-22,24-25,27-29,38-41H,8,17-20,23,26H2,1-7H3,(H,49,51)(H,50,52)(H,53,59)(H,54,60)/t28-,29+,38-,39-,40?,41-/m0/s1. The SMILES string of the molecule is CC[C@@H]1CCN(C(=O)[C@@H](NC(=O)OC)C(C)C)[C@@H]1c1ncc(-c2ccc(-c3ccc4cc(-c5cnc([C@@H]6CC7(CC7)CN6C(=O)C(NC(=O)OC)[C@H](C)OC)[nH]5)ccc4c3)cc2)[nH]1. The van der Waals surface area contributed by atoms with Crippen LogP contribution in [-0.2, 0) is 23.8 Å². The normalized spacial score (nSPS) is 20.5. The lowest BCUT2D eigenvalue weighted by molar-refractivity contribution is -0.138. The van der Waals surface area contributed by atoms with E-state index in [1.165, 1.54) is 21.3 Å². The number of ether oxygens (including phenoxy) is 3. The summed E-state index contributed by atoms with van der Waals surface area (Å²) in [7, 11) is 4.09. The monoisotopic (exact) mass is 858 g/mol. The van der Waals surface area contributed by atoms with Gasteiger partial charge in [-0.2, -0.15) is 0 Å². The third kappa shape index (κ3) is 8.75. The number of rotatable bonds is 13. The number of methoxy groups -OCH3 is 3. The maximum absolute atomic E-state index is 14.0. The van der Waals surface area contributed by atoms with Crippen molar-refractivity contribution in [3.63, 3.8) is 0 Å². The second-order valence-corrected chi connectivity index (χ2v) is 17.7. The van der Waals surface area contributed by atoms with Gasteiger partial charge < -0.3 is 44.6 Å². The van der Waals surface area contributed by atoms with Crippen molar-refractivity contribution in [1.29, 1.82) is 0 Å². The Kier molecular flexibility index (Phi) is 12.3. The van der Waals surface area contributed by atoms with Crippen LogP contribution in [0.3, 0.4) is 0 Å². The van der Waals surface area contributed by atoms with Crippen molar-refractivity contribution in [2.24, 2.45) is 17.3 Å². The molecule has 4 heterocycles. The van der Waals surface area contributed by atoms with Gasteiger partial charge >= 0.3 is 12.2 Å². The number of likely N-dealkylation sites (tertiary alicyclic amines) is 2. The first kappa shape index (κ1) is 43.4. The highest BCUT2D eigenvalue weighted by molar-refractivity contribution is 5.91. The molecule has 1 aliphatic carbocycles. The van der Waals surface area contributed by atoms with Crippen molar-refractivity contribution in [1.82, 2.24) is 40.4 Å². The predicted molar refractivity (Wildman–Crippen MR) is 238 cm³/mol. The average Bonchev–Trinajstić information content (AvgIpc) is 3.80. The van der Waals surface area contributed by atoms with Crippen molar-refractivity contribution in [3.8, 4) is 33.6 Å². The molecule has 3 aromatic carbocycles. The maximum Gasteiger partial charge on any atom is 0.407 e. The van der Waals surface area contributed by atoms with Gasteiger partial charge in [-0.15, -0.1) is 0 Å². The van der Waals surface area contributed by atoms with Gasteiger partial charge in [-0.05, 0) is 89.5 Å². The third-order valence-electron chi connectivity index (χ3n) is 13.5. The number of fused-ring (bicyclic) bond motifs is 1. The predicted octanol–water partition coefficient (Wildman–Crippen LogP) is 7.78. The summed E-state index contributed by atoms with van der Waals surface area (Å²) in [4.78, 5) is 72.5. The van der Waals surface area contributed by atoms with Gasteiger partial charge in [0.2, 0.25) is 11.8 Å². The summed E-state index contributed by atoms with van der Waals surface area (Å²) in [6.45, 7) is 8.92. The van der Waals surface area contributed by atoms with Gasteiger partial charge in [0.1, 0.15) is 23.7 Å². The molecule has 0 radical (unpaired) electrons. The summed E-state index contributed by atoms with van der Waals surface area (Å²) in [5.41, 5.74) is 5.94. The van der Waals surface area contributed by atoms with Crippen LogP contribution in [0.15, 0.2) is 73.1 Å². The van der Waals surface area contributed by atoms with Crippen LogP contribution in [0.4, 0.5) is 9.59 Å². The molecular formula is C48H58N8O7. The van der Waals surface area contributed by atoms with Crippen molar-refractivity contribution in [2.45, 2.75) is 90.1 Å². The van der Waals surface area contributed by atoms with Crippen molar-refractivity contribution in [3.05, 3.63) is 84.7 Å². The van der Waals surface area contributed by atoms with Gasteiger partial charge in [0.05, 0.1) is 56.2 Å². The third-order valence-corrected chi connectivity index (χ3v) is 13.5. The van der Waals surface area contributed by atoms with Gasteiger partial charge in [0.15, 0.2) is 0 Å². The molecule has 2 aromatic heterocycles. The zero-order valence-corrected chi connectivity index (χ0v) is 37.1. The molecule has 1 unspecified atom stereocenters.